The number of benzene rings is 6. The first-order valence-corrected chi connectivity index (χ1v) is 20.1. The van der Waals surface area contributed by atoms with E-state index >= 15 is 4.79 Å². The normalized spacial score (nSPS) is 13.6. The van der Waals surface area contributed by atoms with Crippen molar-refractivity contribution in [3.8, 4) is 5.75 Å². The maximum Gasteiger partial charge on any atom is 0.281 e. The first-order valence-electron chi connectivity index (χ1n) is 20.1. The fourth-order valence-electron chi connectivity index (χ4n) is 8.73. The smallest absolute Gasteiger partial charge is 0.281 e. The number of nitrogens with zero attached hydrogens (tertiary/aromatic N) is 3. The van der Waals surface area contributed by atoms with Gasteiger partial charge in [-0.25, -0.2) is 0 Å². The van der Waals surface area contributed by atoms with Gasteiger partial charge in [-0.15, -0.1) is 0 Å². The number of ether oxygens (including phenoxy) is 3. The number of aliphatic hydroxyl groups is 1. The molecule has 0 fully saturated rings. The van der Waals surface area contributed by atoms with E-state index < -0.39 is 17.4 Å². The molecule has 4 N–H and O–H groups in total. The van der Waals surface area contributed by atoms with Gasteiger partial charge in [0.2, 0.25) is 5.95 Å². The summed E-state index contributed by atoms with van der Waals surface area (Å²) in [4.78, 5) is 22.6. The molecular formula is C50H49N5O5. The number of nitrogens with two attached hydrogens (primary N) is 1. The van der Waals surface area contributed by atoms with Gasteiger partial charge in [-0.05, 0) is 40.3 Å². The molecule has 0 radical (unpaired) electrons. The summed E-state index contributed by atoms with van der Waals surface area (Å²) in [6, 6.07) is 57.6. The summed E-state index contributed by atoms with van der Waals surface area (Å²) in [6.45, 7) is 0.305. The summed E-state index contributed by atoms with van der Waals surface area (Å²) in [6.07, 6.45) is -0.445. The van der Waals surface area contributed by atoms with Crippen molar-refractivity contribution in [1.82, 2.24) is 9.55 Å². The van der Waals surface area contributed by atoms with Crippen LogP contribution in [0.4, 0.5) is 17.5 Å². The molecule has 10 nitrogen and oxygen atoms in total. The first-order chi connectivity index (χ1) is 29.5. The third kappa shape index (κ3) is 7.08. The molecule has 0 saturated carbocycles. The lowest BCUT2D eigenvalue weighted by Gasteiger charge is -2.42. The number of rotatable bonds is 16. The van der Waals surface area contributed by atoms with Crippen molar-refractivity contribution in [1.29, 1.82) is 0 Å². The number of nitrogen functional groups attached to an aromatic ring is 1. The van der Waals surface area contributed by atoms with Crippen molar-refractivity contribution in [2.75, 3.05) is 50.1 Å². The minimum atomic E-state index is -1.31. The van der Waals surface area contributed by atoms with E-state index in [1.807, 2.05) is 144 Å². The van der Waals surface area contributed by atoms with Crippen LogP contribution in [-0.2, 0) is 20.6 Å². The molecule has 1 aromatic heterocycles. The molecule has 10 heteroatoms. The second kappa shape index (κ2) is 17.6. The standard InChI is InChI=1S/C50H49N5O5/c1-58-34-36(33-56)32-44(60-50(39-24-12-5-13-25-39,40-26-14-6-15-27-40)41-28-16-7-17-29-41)54-35-52-45-46(54)53-48(51)55(47(45)57)49(37-20-8-3-9-21-37,38-22-10-4-11-23-38)42-30-18-19-31-43(42)59-2/h3-31,36,44,52,56H,32-35H2,1-2H3,(H2,51,53). The minimum Gasteiger partial charge on any atom is -0.496 e. The zero-order chi connectivity index (χ0) is 41.5. The summed E-state index contributed by atoms with van der Waals surface area (Å²) in [5.41, 5.74) is 9.61. The Morgan fingerprint density at radius 3 is 1.63 bits per heavy atom. The largest absolute Gasteiger partial charge is 0.496 e. The number of hydrogen-bond acceptors (Lipinski definition) is 9. The summed E-state index contributed by atoms with van der Waals surface area (Å²) in [5, 5.41) is 14.1. The van der Waals surface area contributed by atoms with E-state index in [0.717, 1.165) is 27.8 Å². The molecule has 1 aliphatic heterocycles. The van der Waals surface area contributed by atoms with Crippen molar-refractivity contribution >= 4 is 17.5 Å². The quantitative estimate of drug-likeness (QED) is 0.0840. The van der Waals surface area contributed by atoms with Crippen LogP contribution in [0, 0.1) is 5.92 Å². The maximum atomic E-state index is 15.6. The van der Waals surface area contributed by atoms with Crippen LogP contribution in [0.2, 0.25) is 0 Å². The maximum absolute atomic E-state index is 15.6. The van der Waals surface area contributed by atoms with Gasteiger partial charge in [-0.3, -0.25) is 9.36 Å². The summed E-state index contributed by atoms with van der Waals surface area (Å²) in [7, 11) is 3.24. The number of aromatic nitrogens is 2. The lowest BCUT2D eigenvalue weighted by Crippen LogP contribution is -2.47. The predicted octanol–water partition coefficient (Wildman–Crippen LogP) is 7.84. The van der Waals surface area contributed by atoms with Crippen LogP contribution in [0.3, 0.4) is 0 Å². The lowest BCUT2D eigenvalue weighted by molar-refractivity contribution is -0.0651. The van der Waals surface area contributed by atoms with Gasteiger partial charge >= 0.3 is 0 Å². The van der Waals surface area contributed by atoms with Crippen molar-refractivity contribution in [2.24, 2.45) is 5.92 Å². The SMILES string of the molecule is COCC(CO)CC(OC(c1ccccc1)(c1ccccc1)c1ccccc1)N1CNc2c1nc(N)n(C(c1ccccc1)(c1ccccc1)c1ccccc1OC)c2=O. The second-order valence-corrected chi connectivity index (χ2v) is 14.8. The highest BCUT2D eigenvalue weighted by Crippen LogP contribution is 2.47. The molecule has 0 aliphatic carbocycles. The van der Waals surface area contributed by atoms with Gasteiger partial charge < -0.3 is 35.3 Å². The number of methoxy groups -OCH3 is 2. The highest BCUT2D eigenvalue weighted by Gasteiger charge is 2.47. The molecule has 2 unspecified atom stereocenters. The van der Waals surface area contributed by atoms with E-state index in [0.29, 0.717) is 23.6 Å². The van der Waals surface area contributed by atoms with Crippen LogP contribution in [0.5, 0.6) is 5.75 Å². The number of hydrogen-bond donors (Lipinski definition) is 3. The van der Waals surface area contributed by atoms with Gasteiger partial charge in [0.1, 0.15) is 28.8 Å². The van der Waals surface area contributed by atoms with Crippen LogP contribution in [-0.4, -0.2) is 55.0 Å². The molecule has 304 valence electrons. The van der Waals surface area contributed by atoms with E-state index in [9.17, 15) is 5.11 Å². The molecule has 7 aromatic rings. The molecule has 6 aromatic carbocycles. The van der Waals surface area contributed by atoms with E-state index in [2.05, 4.69) is 41.7 Å². The number of fused-ring (bicyclic) bond motifs is 1. The highest BCUT2D eigenvalue weighted by molar-refractivity contribution is 5.72. The summed E-state index contributed by atoms with van der Waals surface area (Å²) < 4.78 is 20.8. The Morgan fingerprint density at radius 1 is 0.700 bits per heavy atom. The Hall–Kier alpha value is -6.72. The van der Waals surface area contributed by atoms with Crippen LogP contribution < -0.4 is 26.2 Å². The third-order valence-corrected chi connectivity index (χ3v) is 11.4. The van der Waals surface area contributed by atoms with Crippen molar-refractivity contribution < 1.29 is 19.3 Å². The molecule has 0 bridgehead atoms. The minimum absolute atomic E-state index is 0.0131. The molecule has 0 amide bonds. The Balaban J connectivity index is 1.36. The topological polar surface area (TPSA) is 124 Å². The lowest BCUT2D eigenvalue weighted by atomic mass is 9.76. The Bertz CT molecular complexity index is 2400. The van der Waals surface area contributed by atoms with Crippen LogP contribution in [0.25, 0.3) is 0 Å². The van der Waals surface area contributed by atoms with Crippen molar-refractivity contribution in [3.05, 3.63) is 220 Å². The molecule has 0 spiro atoms. The first kappa shape index (κ1) is 40.1. The molecule has 8 rings (SSSR count). The van der Waals surface area contributed by atoms with Gasteiger partial charge in [-0.2, -0.15) is 4.98 Å². The Labute approximate surface area is 350 Å². The van der Waals surface area contributed by atoms with E-state index in [4.69, 9.17) is 24.9 Å². The second-order valence-electron chi connectivity index (χ2n) is 14.8. The van der Waals surface area contributed by atoms with Crippen molar-refractivity contribution in [2.45, 2.75) is 23.8 Å². The highest BCUT2D eigenvalue weighted by atomic mass is 16.5. The third-order valence-electron chi connectivity index (χ3n) is 11.4. The Kier molecular flexibility index (Phi) is 11.8. The van der Waals surface area contributed by atoms with Crippen LogP contribution in [0.1, 0.15) is 39.8 Å². The Morgan fingerprint density at radius 2 is 1.17 bits per heavy atom. The molecule has 1 aliphatic rings. The summed E-state index contributed by atoms with van der Waals surface area (Å²) >= 11 is 0. The van der Waals surface area contributed by atoms with Crippen LogP contribution >= 0.6 is 0 Å². The summed E-state index contributed by atoms with van der Waals surface area (Å²) in [5.74, 6) is 0.579. The fraction of sp³-hybridized carbons (Fsp3) is 0.200. The van der Waals surface area contributed by atoms with Gasteiger partial charge in [-0.1, -0.05) is 170 Å². The van der Waals surface area contributed by atoms with Crippen LogP contribution in [0.15, 0.2) is 181 Å². The van der Waals surface area contributed by atoms with Gasteiger partial charge in [0.15, 0.2) is 5.82 Å². The number of nitrogens with one attached hydrogen (secondary N) is 1. The molecule has 2 atom stereocenters. The van der Waals surface area contributed by atoms with Gasteiger partial charge in [0.05, 0.1) is 20.4 Å². The average molecular weight is 800 g/mol. The fourth-order valence-corrected chi connectivity index (χ4v) is 8.73. The zero-order valence-electron chi connectivity index (χ0n) is 33.7. The van der Waals surface area contributed by atoms with E-state index in [-0.39, 0.29) is 43.0 Å². The molecule has 0 saturated heterocycles. The predicted molar refractivity (Wildman–Crippen MR) is 236 cm³/mol. The van der Waals surface area contributed by atoms with E-state index in [1.165, 1.54) is 0 Å². The molecular weight excluding hydrogens is 751 g/mol. The number of aliphatic hydroxyl groups excluding tert-OH is 1. The average Bonchev–Trinajstić information content (AvgIpc) is 3.74. The van der Waals surface area contributed by atoms with E-state index in [1.54, 1.807) is 18.8 Å². The van der Waals surface area contributed by atoms with Crippen molar-refractivity contribution in [3.63, 3.8) is 0 Å². The molecule has 2 heterocycles. The molecule has 60 heavy (non-hydrogen) atoms. The monoisotopic (exact) mass is 799 g/mol. The number of anilines is 3. The zero-order valence-corrected chi connectivity index (χ0v) is 33.7. The van der Waals surface area contributed by atoms with Gasteiger partial charge in [0, 0.05) is 25.2 Å². The van der Waals surface area contributed by atoms with Gasteiger partial charge in [0.25, 0.3) is 5.56 Å². The number of para-hydroxylation sites is 1.